The minimum absolute atomic E-state index is 0.243. The van der Waals surface area contributed by atoms with E-state index in [-0.39, 0.29) is 17.5 Å². The lowest BCUT2D eigenvalue weighted by atomic mass is 9.73. The predicted octanol–water partition coefficient (Wildman–Crippen LogP) is 10.4. The monoisotopic (exact) mass is 538 g/mol. The smallest absolute Gasteiger partial charge is 0.143 e. The van der Waals surface area contributed by atoms with Gasteiger partial charge in [0.15, 0.2) is 0 Å². The van der Waals surface area contributed by atoms with Crippen molar-refractivity contribution >= 4 is 11.6 Å². The Morgan fingerprint density at radius 1 is 0.718 bits per heavy atom. The number of ketones is 2. The van der Waals surface area contributed by atoms with Crippen molar-refractivity contribution in [2.24, 2.45) is 17.8 Å². The topological polar surface area (TPSA) is 43.4 Å². The molecule has 0 aromatic heterocycles. The van der Waals surface area contributed by atoms with Gasteiger partial charge in [0.25, 0.3) is 0 Å². The molecule has 3 nitrogen and oxygen atoms in total. The summed E-state index contributed by atoms with van der Waals surface area (Å²) in [5.74, 6) is 2.74. The first kappa shape index (κ1) is 31.9. The van der Waals surface area contributed by atoms with Crippen LogP contribution in [-0.4, -0.2) is 18.2 Å². The van der Waals surface area contributed by atoms with Gasteiger partial charge in [-0.25, -0.2) is 0 Å². The third-order valence-electron chi connectivity index (χ3n) is 9.55. The molecule has 3 rings (SSSR count). The maximum atomic E-state index is 13.1. The van der Waals surface area contributed by atoms with Crippen LogP contribution in [0.25, 0.3) is 0 Å². The Kier molecular flexibility index (Phi) is 15.3. The van der Waals surface area contributed by atoms with Crippen molar-refractivity contribution in [2.45, 2.75) is 155 Å². The molecule has 0 bridgehead atoms. The summed E-state index contributed by atoms with van der Waals surface area (Å²) >= 11 is 0. The molecule has 0 radical (unpaired) electrons. The number of benzene rings is 1. The maximum absolute atomic E-state index is 13.1. The van der Waals surface area contributed by atoms with Gasteiger partial charge in [0.2, 0.25) is 0 Å². The summed E-state index contributed by atoms with van der Waals surface area (Å²) in [6, 6.07) is 8.77. The zero-order chi connectivity index (χ0) is 27.7. The molecule has 3 heteroatoms. The Morgan fingerprint density at radius 3 is 1.95 bits per heavy atom. The van der Waals surface area contributed by atoms with Crippen molar-refractivity contribution in [3.05, 3.63) is 29.8 Å². The van der Waals surface area contributed by atoms with Gasteiger partial charge in [0, 0.05) is 12.8 Å². The van der Waals surface area contributed by atoms with E-state index in [0.29, 0.717) is 30.6 Å². The highest BCUT2D eigenvalue weighted by Gasteiger charge is 2.34. The Balaban J connectivity index is 1.29. The Morgan fingerprint density at radius 2 is 1.31 bits per heavy atom. The molecule has 0 aliphatic heterocycles. The second-order valence-electron chi connectivity index (χ2n) is 12.8. The van der Waals surface area contributed by atoms with E-state index in [4.69, 9.17) is 4.74 Å². The Bertz CT molecular complexity index is 805. The minimum Gasteiger partial charge on any atom is -0.494 e. The fraction of sp³-hybridized carbons (Fsp3) is 0.778. The van der Waals surface area contributed by atoms with Crippen molar-refractivity contribution < 1.29 is 14.3 Å². The Labute approximate surface area is 240 Å². The third kappa shape index (κ3) is 11.8. The summed E-state index contributed by atoms with van der Waals surface area (Å²) in [5.41, 5.74) is 1.41. The first-order chi connectivity index (χ1) is 19.1. The third-order valence-corrected chi connectivity index (χ3v) is 9.55. The van der Waals surface area contributed by atoms with Gasteiger partial charge in [0.1, 0.15) is 17.3 Å². The molecule has 0 amide bonds. The van der Waals surface area contributed by atoms with Crippen LogP contribution in [0.5, 0.6) is 5.75 Å². The summed E-state index contributed by atoms with van der Waals surface area (Å²) in [6.07, 6.45) is 24.4. The van der Waals surface area contributed by atoms with Crippen molar-refractivity contribution in [3.63, 3.8) is 0 Å². The number of hydrogen-bond acceptors (Lipinski definition) is 3. The maximum Gasteiger partial charge on any atom is 0.143 e. The van der Waals surface area contributed by atoms with Gasteiger partial charge in [-0.1, -0.05) is 103 Å². The highest BCUT2D eigenvalue weighted by molar-refractivity contribution is 6.02. The number of ether oxygens (including phenoxy) is 1. The van der Waals surface area contributed by atoms with Gasteiger partial charge in [-0.15, -0.1) is 0 Å². The van der Waals surface area contributed by atoms with E-state index in [1.165, 1.54) is 82.6 Å². The highest BCUT2D eigenvalue weighted by atomic mass is 16.5. The number of carbonyl (C=O) groups is 2. The summed E-state index contributed by atoms with van der Waals surface area (Å²) in [7, 11) is 0. The molecule has 1 aromatic rings. The van der Waals surface area contributed by atoms with Crippen LogP contribution in [0.4, 0.5) is 0 Å². The van der Waals surface area contributed by atoms with Crippen LogP contribution in [0.1, 0.15) is 160 Å². The molecule has 2 atom stereocenters. The molecule has 0 heterocycles. The van der Waals surface area contributed by atoms with Crippen molar-refractivity contribution in [1.29, 1.82) is 0 Å². The van der Waals surface area contributed by atoms with Gasteiger partial charge in [-0.05, 0) is 80.4 Å². The normalized spacial score (nSPS) is 23.6. The number of hydrogen-bond donors (Lipinski definition) is 0. The second kappa shape index (κ2) is 18.7. The van der Waals surface area contributed by atoms with E-state index >= 15 is 0 Å². The lowest BCUT2D eigenvalue weighted by molar-refractivity contribution is -0.136. The second-order valence-corrected chi connectivity index (χ2v) is 12.8. The number of Topliss-reactive ketones (excluding diaryl/α,β-unsaturated/α-hetero) is 2. The summed E-state index contributed by atoms with van der Waals surface area (Å²) in [6.45, 7) is 5.32. The van der Waals surface area contributed by atoms with Gasteiger partial charge >= 0.3 is 0 Å². The highest BCUT2D eigenvalue weighted by Crippen LogP contribution is 2.39. The first-order valence-corrected chi connectivity index (χ1v) is 16.9. The predicted molar refractivity (Wildman–Crippen MR) is 163 cm³/mol. The standard InChI is InChI=1S/C36H58O3/c1-3-5-7-9-10-12-14-26-39-33-23-21-32(22-24-33)31-19-16-30(17-20-31)28-36(38)34-25-18-29(27-35(34)37)15-13-11-8-6-4-2/h21-24,29-31,34H,3-20,25-28H2,1-2H3. The fourth-order valence-corrected chi connectivity index (χ4v) is 6.93. The molecule has 0 spiro atoms. The molecule has 0 N–H and O–H groups in total. The van der Waals surface area contributed by atoms with Gasteiger partial charge in [-0.3, -0.25) is 9.59 Å². The molecular formula is C36H58O3. The quantitative estimate of drug-likeness (QED) is 0.130. The van der Waals surface area contributed by atoms with Crippen molar-refractivity contribution in [1.82, 2.24) is 0 Å². The van der Waals surface area contributed by atoms with Crippen LogP contribution in [0.3, 0.4) is 0 Å². The van der Waals surface area contributed by atoms with E-state index in [0.717, 1.165) is 57.3 Å². The average Bonchev–Trinajstić information content (AvgIpc) is 2.95. The first-order valence-electron chi connectivity index (χ1n) is 16.9. The molecule has 2 saturated carbocycles. The zero-order valence-corrected chi connectivity index (χ0v) is 25.4. The van der Waals surface area contributed by atoms with Gasteiger partial charge in [0.05, 0.1) is 12.5 Å². The number of carbonyl (C=O) groups excluding carboxylic acids is 2. The Hall–Kier alpha value is -1.64. The summed E-state index contributed by atoms with van der Waals surface area (Å²) in [5, 5.41) is 0. The van der Waals surface area contributed by atoms with Gasteiger partial charge in [-0.2, -0.15) is 0 Å². The van der Waals surface area contributed by atoms with Crippen molar-refractivity contribution in [3.8, 4) is 5.75 Å². The lowest BCUT2D eigenvalue weighted by Crippen LogP contribution is -2.32. The summed E-state index contributed by atoms with van der Waals surface area (Å²) in [4.78, 5) is 25.9. The van der Waals surface area contributed by atoms with Crippen LogP contribution in [0.15, 0.2) is 24.3 Å². The van der Waals surface area contributed by atoms with E-state index in [2.05, 4.69) is 38.1 Å². The van der Waals surface area contributed by atoms with E-state index in [1.54, 1.807) is 0 Å². The SMILES string of the molecule is CCCCCCCCCOc1ccc(C2CCC(CC(=O)C3CCC(CCCCCCC)CC3=O)CC2)cc1. The number of rotatable bonds is 19. The molecule has 220 valence electrons. The molecule has 2 aliphatic carbocycles. The van der Waals surface area contributed by atoms with Crippen LogP contribution in [0, 0.1) is 17.8 Å². The number of unbranched alkanes of at least 4 members (excludes halogenated alkanes) is 10. The van der Waals surface area contributed by atoms with E-state index in [1.807, 2.05) is 0 Å². The zero-order valence-electron chi connectivity index (χ0n) is 25.4. The largest absolute Gasteiger partial charge is 0.494 e. The summed E-state index contributed by atoms with van der Waals surface area (Å²) < 4.78 is 5.98. The average molecular weight is 539 g/mol. The van der Waals surface area contributed by atoms with E-state index in [9.17, 15) is 9.59 Å². The molecule has 2 aliphatic rings. The molecule has 0 saturated heterocycles. The lowest BCUT2D eigenvalue weighted by Gasteiger charge is -2.31. The molecule has 2 fully saturated rings. The molecule has 39 heavy (non-hydrogen) atoms. The van der Waals surface area contributed by atoms with Gasteiger partial charge < -0.3 is 4.74 Å². The van der Waals surface area contributed by atoms with Crippen LogP contribution >= 0.6 is 0 Å². The minimum atomic E-state index is -0.298. The molecule has 2 unspecified atom stereocenters. The molecular weight excluding hydrogens is 480 g/mol. The molecule has 1 aromatic carbocycles. The van der Waals surface area contributed by atoms with E-state index < -0.39 is 0 Å². The van der Waals surface area contributed by atoms with Crippen LogP contribution in [-0.2, 0) is 9.59 Å². The van der Waals surface area contributed by atoms with Crippen molar-refractivity contribution in [2.75, 3.05) is 6.61 Å². The fourth-order valence-electron chi connectivity index (χ4n) is 6.93. The van der Waals surface area contributed by atoms with Crippen LogP contribution < -0.4 is 4.74 Å². The van der Waals surface area contributed by atoms with Crippen LogP contribution in [0.2, 0.25) is 0 Å².